The normalized spacial score (nSPS) is 26.6. The molecule has 0 radical (unpaired) electrons. The molecule has 1 aromatic carbocycles. The lowest BCUT2D eigenvalue weighted by Crippen LogP contribution is -2.60. The molecule has 3 fully saturated rings. The van der Waals surface area contributed by atoms with Gasteiger partial charge in [0.2, 0.25) is 5.91 Å². The van der Waals surface area contributed by atoms with Gasteiger partial charge in [-0.1, -0.05) is 12.1 Å². The van der Waals surface area contributed by atoms with Crippen molar-refractivity contribution in [2.75, 3.05) is 18.4 Å². The number of para-hydroxylation sites is 1. The number of benzene rings is 1. The molecule has 3 unspecified atom stereocenters. The van der Waals surface area contributed by atoms with E-state index in [1.165, 1.54) is 6.92 Å². The molecule has 6 nitrogen and oxygen atoms in total. The molecule has 2 N–H and O–H groups in total. The van der Waals surface area contributed by atoms with Crippen molar-refractivity contribution in [3.8, 4) is 11.3 Å². The van der Waals surface area contributed by atoms with E-state index in [9.17, 15) is 9.59 Å². The van der Waals surface area contributed by atoms with Crippen LogP contribution in [0.4, 0.5) is 5.69 Å². The molecular weight excluding hydrogens is 342 g/mol. The van der Waals surface area contributed by atoms with Crippen molar-refractivity contribution in [2.24, 2.45) is 5.92 Å². The highest BCUT2D eigenvalue weighted by Gasteiger charge is 2.39. The van der Waals surface area contributed by atoms with Gasteiger partial charge in [-0.05, 0) is 56.5 Å². The van der Waals surface area contributed by atoms with Crippen molar-refractivity contribution in [2.45, 2.75) is 38.8 Å². The fourth-order valence-corrected chi connectivity index (χ4v) is 4.30. The summed E-state index contributed by atoms with van der Waals surface area (Å²) < 4.78 is 5.82. The van der Waals surface area contributed by atoms with Crippen LogP contribution in [0.5, 0.6) is 0 Å². The Morgan fingerprint density at radius 1 is 1.19 bits per heavy atom. The van der Waals surface area contributed by atoms with Gasteiger partial charge in [-0.15, -0.1) is 0 Å². The fraction of sp³-hybridized carbons (Fsp3) is 0.429. The number of anilines is 1. The number of carbonyl (C=O) groups excluding carboxylic acids is 2. The second kappa shape index (κ2) is 7.19. The first kappa shape index (κ1) is 17.8. The van der Waals surface area contributed by atoms with Crippen LogP contribution in [0.3, 0.4) is 0 Å². The molecule has 4 atom stereocenters. The largest absolute Gasteiger partial charge is 0.451 e. The van der Waals surface area contributed by atoms with Crippen molar-refractivity contribution in [3.63, 3.8) is 0 Å². The molecule has 3 aliphatic rings. The third-order valence-corrected chi connectivity index (χ3v) is 5.70. The quantitative estimate of drug-likeness (QED) is 0.871. The average molecular weight is 367 g/mol. The van der Waals surface area contributed by atoms with Crippen molar-refractivity contribution in [3.05, 3.63) is 42.2 Å². The Morgan fingerprint density at radius 2 is 2.00 bits per heavy atom. The molecule has 0 spiro atoms. The van der Waals surface area contributed by atoms with E-state index in [0.717, 1.165) is 31.5 Å². The summed E-state index contributed by atoms with van der Waals surface area (Å²) in [5.74, 6) is 1.08. The third-order valence-electron chi connectivity index (χ3n) is 5.70. The summed E-state index contributed by atoms with van der Waals surface area (Å²) in [6, 6.07) is 11.7. The molecule has 6 heteroatoms. The molecule has 5 rings (SSSR count). The molecule has 0 aliphatic carbocycles. The molecule has 3 saturated heterocycles. The monoisotopic (exact) mass is 367 g/mol. The number of hydrogen-bond donors (Lipinski definition) is 2. The fourth-order valence-electron chi connectivity index (χ4n) is 4.30. The van der Waals surface area contributed by atoms with E-state index in [0.29, 0.717) is 29.2 Å². The molecule has 2 amide bonds. The van der Waals surface area contributed by atoms with E-state index < -0.39 is 0 Å². The van der Waals surface area contributed by atoms with Crippen LogP contribution in [-0.4, -0.2) is 41.9 Å². The molecule has 27 heavy (non-hydrogen) atoms. The standard InChI is InChI=1S/C21H25N3O3/c1-13-11-15-9-10-24(13)12-18(15)23-21(26)20-8-7-19(27-20)16-5-3-4-6-17(16)22-14(2)25/h3-8,13,15,18H,9-12H2,1-2H3,(H,22,25)(H,23,26)/t13?,15?,18-/m0/s1. The molecule has 142 valence electrons. The predicted molar refractivity (Wildman–Crippen MR) is 103 cm³/mol. The summed E-state index contributed by atoms with van der Waals surface area (Å²) in [5.41, 5.74) is 1.42. The Hall–Kier alpha value is -2.60. The number of piperidine rings is 3. The predicted octanol–water partition coefficient (Wildman–Crippen LogP) is 3.12. The zero-order chi connectivity index (χ0) is 19.0. The van der Waals surface area contributed by atoms with Gasteiger partial charge in [0.25, 0.3) is 5.91 Å². The molecular formula is C21H25N3O3. The van der Waals surface area contributed by atoms with Crippen LogP contribution in [0, 0.1) is 5.92 Å². The van der Waals surface area contributed by atoms with E-state index in [2.05, 4.69) is 22.5 Å². The number of fused-ring (bicyclic) bond motifs is 3. The van der Waals surface area contributed by atoms with Crippen LogP contribution in [-0.2, 0) is 4.79 Å². The van der Waals surface area contributed by atoms with Crippen molar-refractivity contribution in [1.82, 2.24) is 10.2 Å². The Kier molecular flexibility index (Phi) is 4.74. The van der Waals surface area contributed by atoms with E-state index in [4.69, 9.17) is 4.42 Å². The Labute approximate surface area is 158 Å². The first-order valence-electron chi connectivity index (χ1n) is 9.53. The number of nitrogens with one attached hydrogen (secondary N) is 2. The Bertz CT molecular complexity index is 860. The number of carbonyl (C=O) groups is 2. The summed E-state index contributed by atoms with van der Waals surface area (Å²) in [7, 11) is 0. The van der Waals surface area contributed by atoms with Gasteiger partial charge in [0.1, 0.15) is 5.76 Å². The lowest BCUT2D eigenvalue weighted by atomic mass is 9.80. The minimum absolute atomic E-state index is 0.149. The number of rotatable bonds is 4. The zero-order valence-corrected chi connectivity index (χ0v) is 15.7. The molecule has 2 aromatic rings. The molecule has 0 saturated carbocycles. The number of hydrogen-bond acceptors (Lipinski definition) is 4. The van der Waals surface area contributed by atoms with Gasteiger partial charge in [-0.2, -0.15) is 0 Å². The molecule has 4 heterocycles. The van der Waals surface area contributed by atoms with Crippen LogP contribution < -0.4 is 10.6 Å². The van der Waals surface area contributed by atoms with Gasteiger partial charge in [-0.25, -0.2) is 0 Å². The van der Waals surface area contributed by atoms with Gasteiger partial charge >= 0.3 is 0 Å². The van der Waals surface area contributed by atoms with Crippen LogP contribution in [0.1, 0.15) is 37.2 Å². The zero-order valence-electron chi connectivity index (χ0n) is 15.7. The summed E-state index contributed by atoms with van der Waals surface area (Å²) in [5, 5.41) is 5.95. The van der Waals surface area contributed by atoms with Gasteiger partial charge in [0, 0.05) is 31.1 Å². The topological polar surface area (TPSA) is 74.6 Å². The van der Waals surface area contributed by atoms with Gasteiger partial charge in [0.15, 0.2) is 5.76 Å². The highest BCUT2D eigenvalue weighted by molar-refractivity contribution is 5.95. The van der Waals surface area contributed by atoms with E-state index >= 15 is 0 Å². The lowest BCUT2D eigenvalue weighted by Gasteiger charge is -2.48. The van der Waals surface area contributed by atoms with Crippen LogP contribution >= 0.6 is 0 Å². The minimum atomic E-state index is -0.176. The van der Waals surface area contributed by atoms with Gasteiger partial charge in [-0.3, -0.25) is 14.5 Å². The first-order valence-corrected chi connectivity index (χ1v) is 9.53. The average Bonchev–Trinajstić information content (AvgIpc) is 3.13. The highest BCUT2D eigenvalue weighted by Crippen LogP contribution is 2.33. The number of furan rings is 1. The Balaban J connectivity index is 1.48. The smallest absolute Gasteiger partial charge is 0.287 e. The lowest BCUT2D eigenvalue weighted by molar-refractivity contribution is -0.114. The number of amides is 2. The van der Waals surface area contributed by atoms with Crippen LogP contribution in [0.2, 0.25) is 0 Å². The minimum Gasteiger partial charge on any atom is -0.451 e. The van der Waals surface area contributed by atoms with Gasteiger partial charge < -0.3 is 15.1 Å². The molecule has 2 bridgehead atoms. The van der Waals surface area contributed by atoms with Crippen molar-refractivity contribution >= 4 is 17.5 Å². The van der Waals surface area contributed by atoms with E-state index in [-0.39, 0.29) is 17.9 Å². The Morgan fingerprint density at radius 3 is 2.70 bits per heavy atom. The SMILES string of the molecule is CC(=O)Nc1ccccc1-c1ccc(C(=O)N[C@H]2CN3CCC2CC3C)o1. The maximum Gasteiger partial charge on any atom is 0.287 e. The highest BCUT2D eigenvalue weighted by atomic mass is 16.4. The molecule has 3 aliphatic heterocycles. The summed E-state index contributed by atoms with van der Waals surface area (Å²) >= 11 is 0. The maximum atomic E-state index is 12.7. The summed E-state index contributed by atoms with van der Waals surface area (Å²) in [6.07, 6.45) is 2.28. The van der Waals surface area contributed by atoms with Crippen molar-refractivity contribution in [1.29, 1.82) is 0 Å². The second-order valence-corrected chi connectivity index (χ2v) is 7.60. The van der Waals surface area contributed by atoms with E-state index in [1.807, 2.05) is 24.3 Å². The third kappa shape index (κ3) is 3.62. The van der Waals surface area contributed by atoms with Gasteiger partial charge in [0.05, 0.1) is 5.69 Å². The van der Waals surface area contributed by atoms with Crippen LogP contribution in [0.25, 0.3) is 11.3 Å². The molecule has 1 aromatic heterocycles. The van der Waals surface area contributed by atoms with Crippen molar-refractivity contribution < 1.29 is 14.0 Å². The summed E-state index contributed by atoms with van der Waals surface area (Å²) in [6.45, 7) is 5.77. The van der Waals surface area contributed by atoms with Crippen LogP contribution in [0.15, 0.2) is 40.8 Å². The van der Waals surface area contributed by atoms with E-state index in [1.54, 1.807) is 12.1 Å². The summed E-state index contributed by atoms with van der Waals surface area (Å²) in [4.78, 5) is 26.5. The second-order valence-electron chi connectivity index (χ2n) is 7.60. The first-order chi connectivity index (χ1) is 13.0. The maximum absolute atomic E-state index is 12.7. The number of nitrogens with zero attached hydrogens (tertiary/aromatic N) is 1.